The number of hydrogen-bond donors (Lipinski definition) is 2. The average Bonchev–Trinajstić information content (AvgIpc) is 2.17. The fraction of sp³-hybridized carbons (Fsp3) is 0.500. The summed E-state index contributed by atoms with van der Waals surface area (Å²) in [7, 11) is 1.64. The molecular formula is C12H19ClN2O. The number of nitrogens with one attached hydrogen (secondary N) is 1. The highest BCUT2D eigenvalue weighted by Crippen LogP contribution is 2.37. The molecule has 0 bridgehead atoms. The standard InChI is InChI=1S/C12H19ClN2O/c1-12(2,3)11(15-14)9-7-8(13)5-6-10(9)16-4/h5-7,11,15H,14H2,1-4H3. The van der Waals surface area contributed by atoms with Crippen LogP contribution in [0.25, 0.3) is 0 Å². The van der Waals surface area contributed by atoms with Gasteiger partial charge < -0.3 is 4.74 Å². The lowest BCUT2D eigenvalue weighted by atomic mass is 9.82. The van der Waals surface area contributed by atoms with Gasteiger partial charge in [0.2, 0.25) is 0 Å². The van der Waals surface area contributed by atoms with Gasteiger partial charge in [0.05, 0.1) is 13.2 Å². The van der Waals surface area contributed by atoms with Crippen molar-refractivity contribution in [1.29, 1.82) is 0 Å². The Hall–Kier alpha value is -0.770. The van der Waals surface area contributed by atoms with Crippen LogP contribution in [0.2, 0.25) is 5.02 Å². The van der Waals surface area contributed by atoms with E-state index in [1.54, 1.807) is 13.2 Å². The van der Waals surface area contributed by atoms with E-state index in [0.29, 0.717) is 5.02 Å². The Bertz CT molecular complexity index is 361. The molecule has 0 fully saturated rings. The zero-order valence-corrected chi connectivity index (χ0v) is 10.9. The van der Waals surface area contributed by atoms with Crippen LogP contribution in [-0.4, -0.2) is 7.11 Å². The SMILES string of the molecule is COc1ccc(Cl)cc1C(NN)C(C)(C)C. The van der Waals surface area contributed by atoms with Gasteiger partial charge in [-0.3, -0.25) is 11.3 Å². The number of rotatable bonds is 3. The van der Waals surface area contributed by atoms with E-state index in [1.165, 1.54) is 0 Å². The first-order valence-corrected chi connectivity index (χ1v) is 5.57. The maximum Gasteiger partial charge on any atom is 0.123 e. The predicted octanol–water partition coefficient (Wildman–Crippen LogP) is 2.90. The summed E-state index contributed by atoms with van der Waals surface area (Å²) in [6.45, 7) is 6.33. The van der Waals surface area contributed by atoms with Crippen LogP contribution in [-0.2, 0) is 0 Å². The number of methoxy groups -OCH3 is 1. The number of hydrazine groups is 1. The lowest BCUT2D eigenvalue weighted by Gasteiger charge is -2.31. The molecule has 16 heavy (non-hydrogen) atoms. The molecule has 0 saturated carbocycles. The molecule has 0 aliphatic heterocycles. The Labute approximate surface area is 102 Å². The van der Waals surface area contributed by atoms with Gasteiger partial charge in [0.1, 0.15) is 5.75 Å². The second kappa shape index (κ2) is 5.04. The van der Waals surface area contributed by atoms with E-state index in [0.717, 1.165) is 11.3 Å². The van der Waals surface area contributed by atoms with Crippen molar-refractivity contribution >= 4 is 11.6 Å². The molecule has 1 unspecified atom stereocenters. The average molecular weight is 243 g/mol. The van der Waals surface area contributed by atoms with Crippen molar-refractivity contribution in [3.8, 4) is 5.75 Å². The third-order valence-electron chi connectivity index (χ3n) is 2.54. The quantitative estimate of drug-likeness (QED) is 0.633. The number of ether oxygens (including phenoxy) is 1. The number of halogens is 1. The first-order chi connectivity index (χ1) is 7.40. The number of benzene rings is 1. The highest BCUT2D eigenvalue weighted by atomic mass is 35.5. The summed E-state index contributed by atoms with van der Waals surface area (Å²) in [5.74, 6) is 6.41. The van der Waals surface area contributed by atoms with Gasteiger partial charge in [-0.2, -0.15) is 0 Å². The van der Waals surface area contributed by atoms with Crippen molar-refractivity contribution in [2.75, 3.05) is 7.11 Å². The van der Waals surface area contributed by atoms with E-state index in [2.05, 4.69) is 26.2 Å². The van der Waals surface area contributed by atoms with Gasteiger partial charge in [0, 0.05) is 10.6 Å². The topological polar surface area (TPSA) is 47.3 Å². The van der Waals surface area contributed by atoms with E-state index >= 15 is 0 Å². The highest BCUT2D eigenvalue weighted by molar-refractivity contribution is 6.30. The summed E-state index contributed by atoms with van der Waals surface area (Å²) in [6, 6.07) is 5.53. The van der Waals surface area contributed by atoms with Crippen molar-refractivity contribution in [2.24, 2.45) is 11.3 Å². The molecule has 3 nitrogen and oxygen atoms in total. The summed E-state index contributed by atoms with van der Waals surface area (Å²) in [6.07, 6.45) is 0. The number of nitrogens with two attached hydrogens (primary N) is 1. The van der Waals surface area contributed by atoms with Gasteiger partial charge in [-0.1, -0.05) is 32.4 Å². The maximum atomic E-state index is 6.00. The van der Waals surface area contributed by atoms with Gasteiger partial charge in [-0.05, 0) is 23.6 Å². The summed E-state index contributed by atoms with van der Waals surface area (Å²) in [5.41, 5.74) is 3.78. The molecule has 0 radical (unpaired) electrons. The van der Waals surface area contributed by atoms with Crippen molar-refractivity contribution in [2.45, 2.75) is 26.8 Å². The van der Waals surface area contributed by atoms with E-state index in [4.69, 9.17) is 22.2 Å². The van der Waals surface area contributed by atoms with Crippen molar-refractivity contribution in [3.63, 3.8) is 0 Å². The van der Waals surface area contributed by atoms with Crippen molar-refractivity contribution in [1.82, 2.24) is 5.43 Å². The van der Waals surface area contributed by atoms with Crippen LogP contribution in [0.3, 0.4) is 0 Å². The van der Waals surface area contributed by atoms with Gasteiger partial charge in [-0.25, -0.2) is 0 Å². The summed E-state index contributed by atoms with van der Waals surface area (Å²) in [5, 5.41) is 0.681. The molecule has 1 atom stereocenters. The van der Waals surface area contributed by atoms with Crippen molar-refractivity contribution in [3.05, 3.63) is 28.8 Å². The Morgan fingerprint density at radius 3 is 2.44 bits per heavy atom. The molecule has 0 saturated heterocycles. The molecule has 0 aliphatic rings. The van der Waals surface area contributed by atoms with Crippen LogP contribution < -0.4 is 16.0 Å². The van der Waals surface area contributed by atoms with Crippen LogP contribution in [0, 0.1) is 5.41 Å². The molecule has 3 N–H and O–H groups in total. The highest BCUT2D eigenvalue weighted by Gasteiger charge is 2.27. The zero-order valence-electron chi connectivity index (χ0n) is 10.2. The largest absolute Gasteiger partial charge is 0.496 e. The van der Waals surface area contributed by atoms with E-state index in [9.17, 15) is 0 Å². The van der Waals surface area contributed by atoms with Crippen LogP contribution in [0.5, 0.6) is 5.75 Å². The minimum absolute atomic E-state index is 0.0128. The molecule has 4 heteroatoms. The molecule has 0 spiro atoms. The molecule has 0 aromatic heterocycles. The fourth-order valence-corrected chi connectivity index (χ4v) is 1.92. The van der Waals surface area contributed by atoms with Gasteiger partial charge >= 0.3 is 0 Å². The Kier molecular flexibility index (Phi) is 4.19. The zero-order chi connectivity index (χ0) is 12.3. The Morgan fingerprint density at radius 2 is 2.00 bits per heavy atom. The minimum atomic E-state index is -0.0211. The maximum absolute atomic E-state index is 6.00. The smallest absolute Gasteiger partial charge is 0.123 e. The first kappa shape index (κ1) is 13.3. The Balaban J connectivity index is 3.23. The number of hydrogen-bond acceptors (Lipinski definition) is 3. The van der Waals surface area contributed by atoms with Gasteiger partial charge in [0.25, 0.3) is 0 Å². The minimum Gasteiger partial charge on any atom is -0.496 e. The second-order valence-corrected chi connectivity index (χ2v) is 5.29. The molecule has 1 rings (SSSR count). The predicted molar refractivity (Wildman–Crippen MR) is 67.5 cm³/mol. The van der Waals surface area contributed by atoms with Gasteiger partial charge in [0.15, 0.2) is 0 Å². The van der Waals surface area contributed by atoms with Crippen LogP contribution in [0.15, 0.2) is 18.2 Å². The van der Waals surface area contributed by atoms with Gasteiger partial charge in [-0.15, -0.1) is 0 Å². The van der Waals surface area contributed by atoms with E-state index < -0.39 is 0 Å². The third kappa shape index (κ3) is 2.88. The third-order valence-corrected chi connectivity index (χ3v) is 2.77. The molecule has 1 aromatic rings. The van der Waals surface area contributed by atoms with E-state index in [-0.39, 0.29) is 11.5 Å². The molecule has 0 heterocycles. The lowest BCUT2D eigenvalue weighted by Crippen LogP contribution is -2.37. The van der Waals surface area contributed by atoms with Crippen LogP contribution in [0.4, 0.5) is 0 Å². The summed E-state index contributed by atoms with van der Waals surface area (Å²) in [4.78, 5) is 0. The van der Waals surface area contributed by atoms with Crippen LogP contribution in [0.1, 0.15) is 32.4 Å². The second-order valence-electron chi connectivity index (χ2n) is 4.85. The monoisotopic (exact) mass is 242 g/mol. The molecule has 0 aliphatic carbocycles. The normalized spacial score (nSPS) is 13.6. The van der Waals surface area contributed by atoms with Crippen LogP contribution >= 0.6 is 11.6 Å². The molecular weight excluding hydrogens is 224 g/mol. The molecule has 1 aromatic carbocycles. The first-order valence-electron chi connectivity index (χ1n) is 5.19. The summed E-state index contributed by atoms with van der Waals surface area (Å²) >= 11 is 6.00. The van der Waals surface area contributed by atoms with Crippen molar-refractivity contribution < 1.29 is 4.74 Å². The summed E-state index contributed by atoms with van der Waals surface area (Å²) < 4.78 is 5.32. The van der Waals surface area contributed by atoms with E-state index in [1.807, 2.05) is 12.1 Å². The molecule has 0 amide bonds. The molecule has 90 valence electrons. The lowest BCUT2D eigenvalue weighted by molar-refractivity contribution is 0.267. The Morgan fingerprint density at radius 1 is 1.38 bits per heavy atom. The fourth-order valence-electron chi connectivity index (χ4n) is 1.74.